The third kappa shape index (κ3) is 2.04. The molecule has 16 heavy (non-hydrogen) atoms. The number of amides is 1. The predicted molar refractivity (Wildman–Crippen MR) is 57.6 cm³/mol. The van der Waals surface area contributed by atoms with E-state index in [1.165, 1.54) is 0 Å². The van der Waals surface area contributed by atoms with Crippen molar-refractivity contribution < 1.29 is 14.7 Å². The number of hydrogen-bond donors (Lipinski definition) is 3. The van der Waals surface area contributed by atoms with E-state index >= 15 is 0 Å². The Kier molecular flexibility index (Phi) is 2.88. The van der Waals surface area contributed by atoms with Crippen LogP contribution in [0, 0.1) is 11.3 Å². The van der Waals surface area contributed by atoms with Crippen LogP contribution in [0.1, 0.15) is 32.1 Å². The normalized spacial score (nSPS) is 31.1. The predicted octanol–water partition coefficient (Wildman–Crippen LogP) is 0.0948. The third-order valence-electron chi connectivity index (χ3n) is 3.84. The molecule has 5 heteroatoms. The maximum Gasteiger partial charge on any atom is 0.306 e. The molecule has 2 aliphatic carbocycles. The van der Waals surface area contributed by atoms with Crippen molar-refractivity contribution in [1.29, 1.82) is 0 Å². The average molecular weight is 226 g/mol. The fourth-order valence-electron chi connectivity index (χ4n) is 2.35. The second kappa shape index (κ2) is 4.05. The zero-order chi connectivity index (χ0) is 11.8. The molecule has 2 aliphatic rings. The summed E-state index contributed by atoms with van der Waals surface area (Å²) in [5.41, 5.74) is 5.23. The van der Waals surface area contributed by atoms with Crippen molar-refractivity contribution in [3.8, 4) is 0 Å². The first kappa shape index (κ1) is 11.4. The van der Waals surface area contributed by atoms with E-state index in [2.05, 4.69) is 5.32 Å². The van der Waals surface area contributed by atoms with Crippen molar-refractivity contribution in [2.24, 2.45) is 17.1 Å². The van der Waals surface area contributed by atoms with Gasteiger partial charge in [0.25, 0.3) is 0 Å². The van der Waals surface area contributed by atoms with Crippen LogP contribution in [0.3, 0.4) is 0 Å². The molecule has 0 aromatic rings. The van der Waals surface area contributed by atoms with Crippen molar-refractivity contribution in [3.05, 3.63) is 0 Å². The number of nitrogens with one attached hydrogen (secondary N) is 1. The molecule has 2 unspecified atom stereocenters. The largest absolute Gasteiger partial charge is 0.481 e. The van der Waals surface area contributed by atoms with Crippen molar-refractivity contribution in [2.75, 3.05) is 6.54 Å². The highest BCUT2D eigenvalue weighted by atomic mass is 16.4. The molecule has 2 atom stereocenters. The minimum atomic E-state index is -0.753. The highest BCUT2D eigenvalue weighted by Crippen LogP contribution is 2.45. The van der Waals surface area contributed by atoms with Crippen LogP contribution in [0.2, 0.25) is 0 Å². The molecular weight excluding hydrogens is 208 g/mol. The lowest BCUT2D eigenvalue weighted by Crippen LogP contribution is -2.41. The number of carbonyl (C=O) groups is 2. The lowest BCUT2D eigenvalue weighted by Gasteiger charge is -2.17. The topological polar surface area (TPSA) is 92.4 Å². The highest BCUT2D eigenvalue weighted by Gasteiger charge is 2.49. The van der Waals surface area contributed by atoms with Crippen LogP contribution < -0.4 is 11.1 Å². The van der Waals surface area contributed by atoms with Crippen LogP contribution >= 0.6 is 0 Å². The molecule has 0 aromatic heterocycles. The molecule has 0 spiro atoms. The van der Waals surface area contributed by atoms with E-state index in [-0.39, 0.29) is 23.3 Å². The standard InChI is InChI=1S/C11H18N2O3/c12-6-11(3-4-11)10(16)13-8-2-1-7(5-8)9(14)15/h7-8H,1-6,12H2,(H,13,16)(H,14,15). The van der Waals surface area contributed by atoms with Crippen LogP contribution in [0.5, 0.6) is 0 Å². The van der Waals surface area contributed by atoms with Gasteiger partial charge in [0, 0.05) is 12.6 Å². The molecule has 2 fully saturated rings. The summed E-state index contributed by atoms with van der Waals surface area (Å²) >= 11 is 0. The van der Waals surface area contributed by atoms with Crippen molar-refractivity contribution in [1.82, 2.24) is 5.32 Å². The van der Waals surface area contributed by atoms with Gasteiger partial charge in [-0.2, -0.15) is 0 Å². The summed E-state index contributed by atoms with van der Waals surface area (Å²) in [7, 11) is 0. The van der Waals surface area contributed by atoms with Gasteiger partial charge in [0.05, 0.1) is 11.3 Å². The maximum atomic E-state index is 11.9. The van der Waals surface area contributed by atoms with E-state index in [4.69, 9.17) is 10.8 Å². The summed E-state index contributed by atoms with van der Waals surface area (Å²) in [5, 5.41) is 11.8. The van der Waals surface area contributed by atoms with Crippen LogP contribution in [0.25, 0.3) is 0 Å². The van der Waals surface area contributed by atoms with Crippen LogP contribution in [-0.2, 0) is 9.59 Å². The van der Waals surface area contributed by atoms with Gasteiger partial charge in [0.1, 0.15) is 0 Å². The first-order chi connectivity index (χ1) is 7.57. The highest BCUT2D eigenvalue weighted by molar-refractivity contribution is 5.86. The van der Waals surface area contributed by atoms with E-state index in [1.807, 2.05) is 0 Å². The number of carboxylic acids is 1. The van der Waals surface area contributed by atoms with Gasteiger partial charge >= 0.3 is 5.97 Å². The molecule has 2 saturated carbocycles. The van der Waals surface area contributed by atoms with Crippen molar-refractivity contribution in [2.45, 2.75) is 38.1 Å². The van der Waals surface area contributed by atoms with Gasteiger partial charge in [0.2, 0.25) is 5.91 Å². The van der Waals surface area contributed by atoms with E-state index in [0.717, 1.165) is 19.3 Å². The Morgan fingerprint density at radius 1 is 1.38 bits per heavy atom. The van der Waals surface area contributed by atoms with Gasteiger partial charge in [0.15, 0.2) is 0 Å². The molecule has 0 heterocycles. The van der Waals surface area contributed by atoms with Crippen LogP contribution in [0.4, 0.5) is 0 Å². The van der Waals surface area contributed by atoms with Crippen molar-refractivity contribution in [3.63, 3.8) is 0 Å². The van der Waals surface area contributed by atoms with Gasteiger partial charge in [-0.1, -0.05) is 0 Å². The second-order valence-electron chi connectivity index (χ2n) is 5.00. The quantitative estimate of drug-likeness (QED) is 0.633. The molecule has 4 N–H and O–H groups in total. The van der Waals surface area contributed by atoms with Gasteiger partial charge in [-0.05, 0) is 32.1 Å². The fourth-order valence-corrected chi connectivity index (χ4v) is 2.35. The van der Waals surface area contributed by atoms with Crippen LogP contribution in [-0.4, -0.2) is 29.6 Å². The molecule has 0 saturated heterocycles. The SMILES string of the molecule is NCC1(C(=O)NC2CCC(C(=O)O)C2)CC1. The number of carbonyl (C=O) groups excluding carboxylic acids is 1. The average Bonchev–Trinajstić information content (AvgIpc) is 2.92. The minimum absolute atomic E-state index is 0.0195. The Morgan fingerprint density at radius 3 is 2.50 bits per heavy atom. The van der Waals surface area contributed by atoms with Gasteiger partial charge in [-0.3, -0.25) is 9.59 Å². The Bertz CT molecular complexity index is 312. The Hall–Kier alpha value is -1.10. The first-order valence-electron chi connectivity index (χ1n) is 5.81. The third-order valence-corrected chi connectivity index (χ3v) is 3.84. The first-order valence-corrected chi connectivity index (χ1v) is 5.81. The summed E-state index contributed by atoms with van der Waals surface area (Å²) in [6.07, 6.45) is 3.72. The van der Waals surface area contributed by atoms with Gasteiger partial charge in [-0.15, -0.1) is 0 Å². The molecule has 0 bridgehead atoms. The summed E-state index contributed by atoms with van der Waals surface area (Å²) < 4.78 is 0. The van der Waals surface area contributed by atoms with Crippen LogP contribution in [0.15, 0.2) is 0 Å². The van der Waals surface area contributed by atoms with E-state index in [0.29, 0.717) is 19.4 Å². The summed E-state index contributed by atoms with van der Waals surface area (Å²) in [6.45, 7) is 0.397. The number of aliphatic carboxylic acids is 1. The molecule has 2 rings (SSSR count). The number of carboxylic acid groups (broad SMARTS) is 1. The van der Waals surface area contributed by atoms with Gasteiger partial charge in [-0.25, -0.2) is 0 Å². The van der Waals surface area contributed by atoms with E-state index in [9.17, 15) is 9.59 Å². The smallest absolute Gasteiger partial charge is 0.306 e. The summed E-state index contributed by atoms with van der Waals surface area (Å²) in [4.78, 5) is 22.6. The Balaban J connectivity index is 1.83. The fraction of sp³-hybridized carbons (Fsp3) is 0.818. The lowest BCUT2D eigenvalue weighted by atomic mass is 10.1. The Labute approximate surface area is 94.4 Å². The monoisotopic (exact) mass is 226 g/mol. The zero-order valence-electron chi connectivity index (χ0n) is 9.24. The van der Waals surface area contributed by atoms with E-state index in [1.54, 1.807) is 0 Å². The molecule has 0 aliphatic heterocycles. The summed E-state index contributed by atoms with van der Waals surface area (Å²) in [6, 6.07) is 0.0256. The lowest BCUT2D eigenvalue weighted by molar-refractivity contribution is -0.141. The molecule has 0 radical (unpaired) electrons. The zero-order valence-corrected chi connectivity index (χ0v) is 9.24. The second-order valence-corrected chi connectivity index (χ2v) is 5.00. The molecular formula is C11H18N2O3. The minimum Gasteiger partial charge on any atom is -0.481 e. The summed E-state index contributed by atoms with van der Waals surface area (Å²) in [5.74, 6) is -1.03. The number of rotatable bonds is 4. The Morgan fingerprint density at radius 2 is 2.06 bits per heavy atom. The molecule has 90 valence electrons. The number of hydrogen-bond acceptors (Lipinski definition) is 3. The van der Waals surface area contributed by atoms with Crippen molar-refractivity contribution >= 4 is 11.9 Å². The maximum absolute atomic E-state index is 11.9. The van der Waals surface area contributed by atoms with E-state index < -0.39 is 5.97 Å². The molecule has 5 nitrogen and oxygen atoms in total. The number of nitrogens with two attached hydrogens (primary N) is 1. The molecule has 1 amide bonds. The molecule has 0 aromatic carbocycles. The van der Waals surface area contributed by atoms with Gasteiger partial charge < -0.3 is 16.2 Å².